The van der Waals surface area contributed by atoms with E-state index in [-0.39, 0.29) is 12.2 Å². The van der Waals surface area contributed by atoms with Gasteiger partial charge in [0.1, 0.15) is 6.10 Å². The van der Waals surface area contributed by atoms with Gasteiger partial charge in [0, 0.05) is 17.6 Å². The van der Waals surface area contributed by atoms with Gasteiger partial charge in [0.2, 0.25) is 0 Å². The van der Waals surface area contributed by atoms with Crippen molar-refractivity contribution in [3.05, 3.63) is 59.1 Å². The highest BCUT2D eigenvalue weighted by Gasteiger charge is 2.34. The van der Waals surface area contributed by atoms with Crippen molar-refractivity contribution in [3.8, 4) is 11.5 Å². The molecule has 2 aromatic carbocycles. The molecule has 1 heterocycles. The van der Waals surface area contributed by atoms with E-state index in [2.05, 4.69) is 6.92 Å². The molecule has 3 rings (SSSR count). The molecule has 0 saturated carbocycles. The average molecular weight is 434 g/mol. The van der Waals surface area contributed by atoms with Crippen molar-refractivity contribution in [1.29, 1.82) is 0 Å². The van der Waals surface area contributed by atoms with E-state index < -0.39 is 6.10 Å². The Morgan fingerprint density at radius 1 is 1.23 bits per heavy atom. The van der Waals surface area contributed by atoms with Crippen LogP contribution in [0, 0.1) is 0 Å². The smallest absolute Gasteiger partial charge is 0.409 e. The monoisotopic (exact) mass is 433 g/mol. The first kappa shape index (κ1) is 22.2. The summed E-state index contributed by atoms with van der Waals surface area (Å²) < 4.78 is 23.2. The molecule has 1 aliphatic heterocycles. The Kier molecular flexibility index (Phi) is 8.22. The molecule has 0 unspecified atom stereocenters. The maximum absolute atomic E-state index is 12.4. The van der Waals surface area contributed by atoms with Gasteiger partial charge in [-0.3, -0.25) is 0 Å². The van der Waals surface area contributed by atoms with Gasteiger partial charge in [0.05, 0.1) is 26.9 Å². The number of benzene rings is 2. The molecule has 0 spiro atoms. The summed E-state index contributed by atoms with van der Waals surface area (Å²) >= 11 is 6.09. The zero-order valence-corrected chi connectivity index (χ0v) is 18.1. The molecule has 6 nitrogen and oxygen atoms in total. The summed E-state index contributed by atoms with van der Waals surface area (Å²) in [5.74, 6) is 1.09. The van der Waals surface area contributed by atoms with Crippen molar-refractivity contribution >= 4 is 17.7 Å². The number of halogens is 1. The lowest BCUT2D eigenvalue weighted by molar-refractivity contribution is -0.0781. The minimum atomic E-state index is -0.437. The van der Waals surface area contributed by atoms with Crippen molar-refractivity contribution < 1.29 is 23.7 Å². The molecule has 1 aliphatic rings. The van der Waals surface area contributed by atoms with Crippen molar-refractivity contribution in [2.75, 3.05) is 33.4 Å². The molecule has 2 atom stereocenters. The van der Waals surface area contributed by atoms with E-state index in [0.29, 0.717) is 42.8 Å². The number of methoxy groups -OCH3 is 1. The topological polar surface area (TPSA) is 57.2 Å². The van der Waals surface area contributed by atoms with Crippen LogP contribution in [0.25, 0.3) is 0 Å². The summed E-state index contributed by atoms with van der Waals surface area (Å²) in [4.78, 5) is 14.1. The highest BCUT2D eigenvalue weighted by molar-refractivity contribution is 6.30. The van der Waals surface area contributed by atoms with Crippen molar-refractivity contribution in [1.82, 2.24) is 4.90 Å². The molecule has 30 heavy (non-hydrogen) atoms. The fraction of sp³-hybridized carbons (Fsp3) is 0.435. The number of rotatable bonds is 8. The van der Waals surface area contributed by atoms with Gasteiger partial charge >= 0.3 is 6.09 Å². The number of nitrogens with zero attached hydrogens (tertiary/aromatic N) is 1. The molecule has 1 saturated heterocycles. The van der Waals surface area contributed by atoms with Gasteiger partial charge in [-0.2, -0.15) is 0 Å². The summed E-state index contributed by atoms with van der Waals surface area (Å²) in [7, 11) is 1.57. The molecule has 2 aromatic rings. The molecule has 0 aliphatic carbocycles. The largest absolute Gasteiger partial charge is 0.493 e. The molecule has 7 heteroatoms. The van der Waals surface area contributed by atoms with Crippen LogP contribution in [0.2, 0.25) is 5.02 Å². The van der Waals surface area contributed by atoms with Gasteiger partial charge in [0.25, 0.3) is 0 Å². The minimum absolute atomic E-state index is 0.312. The first-order valence-corrected chi connectivity index (χ1v) is 10.6. The number of carbonyl (C=O) groups excluding carboxylic acids is 1. The number of ether oxygens (including phenoxy) is 4. The number of unbranched alkanes of at least 4 members (excludes halogenated alkanes) is 1. The highest BCUT2D eigenvalue weighted by Crippen LogP contribution is 2.36. The quantitative estimate of drug-likeness (QED) is 0.541. The van der Waals surface area contributed by atoms with Crippen LogP contribution in [0.15, 0.2) is 48.5 Å². The van der Waals surface area contributed by atoms with Crippen LogP contribution < -0.4 is 9.47 Å². The zero-order chi connectivity index (χ0) is 21.3. The number of morpholine rings is 1. The maximum Gasteiger partial charge on any atom is 0.409 e. The van der Waals surface area contributed by atoms with Crippen LogP contribution in [-0.4, -0.2) is 50.5 Å². The Bertz CT molecular complexity index is 816. The predicted octanol–water partition coefficient (Wildman–Crippen LogP) is 5.11. The van der Waals surface area contributed by atoms with Crippen molar-refractivity contribution in [2.24, 2.45) is 0 Å². The normalized spacial score (nSPS) is 17.3. The van der Waals surface area contributed by atoms with Crippen LogP contribution in [0.3, 0.4) is 0 Å². The summed E-state index contributed by atoms with van der Waals surface area (Å²) in [5.41, 5.74) is 0.945. The number of carbonyl (C=O) groups is 1. The fourth-order valence-electron chi connectivity index (χ4n) is 3.30. The van der Waals surface area contributed by atoms with E-state index in [4.69, 9.17) is 30.5 Å². The Hall–Kier alpha value is -2.44. The third-order valence-corrected chi connectivity index (χ3v) is 5.16. The summed E-state index contributed by atoms with van der Waals surface area (Å²) in [6, 6.07) is 15.0. The van der Waals surface area contributed by atoms with Gasteiger partial charge in [-0.15, -0.1) is 0 Å². The lowest BCUT2D eigenvalue weighted by Crippen LogP contribution is -2.48. The van der Waals surface area contributed by atoms with E-state index in [1.54, 1.807) is 30.2 Å². The Balaban J connectivity index is 1.80. The molecule has 162 valence electrons. The SMILES string of the molecule is CCCCOC(=O)N1CCO[C@H]([C@H](Oc2ccc(Cl)cc2OC)c2ccccc2)C1. The Morgan fingerprint density at radius 2 is 2.03 bits per heavy atom. The van der Waals surface area contributed by atoms with Crippen LogP contribution in [0.4, 0.5) is 4.79 Å². The van der Waals surface area contributed by atoms with E-state index in [0.717, 1.165) is 18.4 Å². The lowest BCUT2D eigenvalue weighted by Gasteiger charge is -2.36. The zero-order valence-electron chi connectivity index (χ0n) is 17.4. The van der Waals surface area contributed by atoms with Gasteiger partial charge in [-0.25, -0.2) is 4.79 Å². The molecule has 0 aromatic heterocycles. The van der Waals surface area contributed by atoms with Crippen molar-refractivity contribution in [2.45, 2.75) is 32.0 Å². The molecule has 0 N–H and O–H groups in total. The molecular weight excluding hydrogens is 406 g/mol. The van der Waals surface area contributed by atoms with Gasteiger partial charge in [0.15, 0.2) is 17.6 Å². The van der Waals surface area contributed by atoms with E-state index in [1.165, 1.54) is 0 Å². The third-order valence-electron chi connectivity index (χ3n) is 4.92. The van der Waals surface area contributed by atoms with Gasteiger partial charge in [-0.05, 0) is 24.1 Å². The van der Waals surface area contributed by atoms with Crippen LogP contribution in [-0.2, 0) is 9.47 Å². The fourth-order valence-corrected chi connectivity index (χ4v) is 3.46. The first-order valence-electron chi connectivity index (χ1n) is 10.2. The molecule has 1 amide bonds. The predicted molar refractivity (Wildman–Crippen MR) is 115 cm³/mol. The molecular formula is C23H28ClNO5. The highest BCUT2D eigenvalue weighted by atomic mass is 35.5. The molecule has 0 radical (unpaired) electrons. The third kappa shape index (κ3) is 5.80. The van der Waals surface area contributed by atoms with Crippen molar-refractivity contribution in [3.63, 3.8) is 0 Å². The van der Waals surface area contributed by atoms with E-state index in [1.807, 2.05) is 30.3 Å². The number of hydrogen-bond acceptors (Lipinski definition) is 5. The summed E-state index contributed by atoms with van der Waals surface area (Å²) in [6.07, 6.45) is 0.720. The van der Waals surface area contributed by atoms with Gasteiger partial charge in [-0.1, -0.05) is 55.3 Å². The Labute approximate surface area is 182 Å². The van der Waals surface area contributed by atoms with Crippen LogP contribution >= 0.6 is 11.6 Å². The van der Waals surface area contributed by atoms with E-state index >= 15 is 0 Å². The average Bonchev–Trinajstić information content (AvgIpc) is 2.79. The lowest BCUT2D eigenvalue weighted by atomic mass is 10.0. The number of hydrogen-bond donors (Lipinski definition) is 0. The second kappa shape index (κ2) is 11.1. The standard InChI is InChI=1S/C23H28ClNO5/c1-3-4-13-29-23(26)25-12-14-28-21(16-25)22(17-8-6-5-7-9-17)30-19-11-10-18(24)15-20(19)27-2/h5-11,15,21-22H,3-4,12-14,16H2,1-2H3/t21-,22+/m0/s1. The van der Waals surface area contributed by atoms with Gasteiger partial charge < -0.3 is 23.8 Å². The maximum atomic E-state index is 12.4. The second-order valence-electron chi connectivity index (χ2n) is 7.07. The number of amides is 1. The Morgan fingerprint density at radius 3 is 2.77 bits per heavy atom. The van der Waals surface area contributed by atoms with Crippen LogP contribution in [0.5, 0.6) is 11.5 Å². The molecule has 0 bridgehead atoms. The summed E-state index contributed by atoms with van der Waals surface area (Å²) in [5, 5.41) is 0.561. The minimum Gasteiger partial charge on any atom is -0.493 e. The first-order chi connectivity index (χ1) is 14.6. The van der Waals surface area contributed by atoms with Crippen LogP contribution in [0.1, 0.15) is 31.4 Å². The van der Waals surface area contributed by atoms with E-state index in [9.17, 15) is 4.79 Å². The molecule has 1 fully saturated rings. The summed E-state index contributed by atoms with van der Waals surface area (Å²) in [6.45, 7) is 3.77. The second-order valence-corrected chi connectivity index (χ2v) is 7.50.